The summed E-state index contributed by atoms with van der Waals surface area (Å²) >= 11 is 6.17. The van der Waals surface area contributed by atoms with E-state index in [1.807, 2.05) is 19.1 Å². The number of carbonyl (C=O) groups is 2. The van der Waals surface area contributed by atoms with Gasteiger partial charge in [-0.05, 0) is 37.5 Å². The number of nitrogens with one attached hydrogen (secondary N) is 1. The Morgan fingerprint density at radius 1 is 1.21 bits per heavy atom. The normalized spacial score (nSPS) is 22.5. The van der Waals surface area contributed by atoms with Gasteiger partial charge in [0, 0.05) is 29.7 Å². The lowest BCUT2D eigenvalue weighted by Crippen LogP contribution is -2.39. The van der Waals surface area contributed by atoms with Crippen molar-refractivity contribution in [1.29, 1.82) is 0 Å². The molecule has 130 valence electrons. The third-order valence-electron chi connectivity index (χ3n) is 5.16. The van der Waals surface area contributed by atoms with Crippen LogP contribution < -0.4 is 10.2 Å². The third kappa shape index (κ3) is 3.92. The van der Waals surface area contributed by atoms with Crippen LogP contribution in [0.15, 0.2) is 18.2 Å². The van der Waals surface area contributed by atoms with Gasteiger partial charge >= 0.3 is 0 Å². The largest absolute Gasteiger partial charge is 0.353 e. The molecular weight excluding hydrogens is 324 g/mol. The van der Waals surface area contributed by atoms with E-state index < -0.39 is 0 Å². The smallest absolute Gasteiger partial charge is 0.227 e. The molecule has 0 aromatic heterocycles. The SMILES string of the molecule is Cc1ccc(N2CC(C(=O)NC3CCCCCC3)CC2=O)cc1Cl. The van der Waals surface area contributed by atoms with Crippen molar-refractivity contribution in [2.24, 2.45) is 5.92 Å². The fourth-order valence-electron chi connectivity index (χ4n) is 3.63. The minimum atomic E-state index is -0.263. The number of rotatable bonds is 3. The van der Waals surface area contributed by atoms with Crippen LogP contribution in [0.4, 0.5) is 5.69 Å². The number of halogens is 1. The highest BCUT2D eigenvalue weighted by atomic mass is 35.5. The maximum atomic E-state index is 12.6. The second kappa shape index (κ2) is 7.56. The highest BCUT2D eigenvalue weighted by Gasteiger charge is 2.35. The number of carbonyl (C=O) groups excluding carboxylic acids is 2. The van der Waals surface area contributed by atoms with Crippen LogP contribution >= 0.6 is 11.6 Å². The van der Waals surface area contributed by atoms with Gasteiger partial charge in [0.05, 0.1) is 5.92 Å². The lowest BCUT2D eigenvalue weighted by molar-refractivity contribution is -0.127. The molecule has 24 heavy (non-hydrogen) atoms. The maximum Gasteiger partial charge on any atom is 0.227 e. The zero-order valence-corrected chi connectivity index (χ0v) is 14.9. The van der Waals surface area contributed by atoms with Gasteiger partial charge in [0.15, 0.2) is 0 Å². The first-order valence-corrected chi connectivity index (χ1v) is 9.29. The summed E-state index contributed by atoms with van der Waals surface area (Å²) in [6, 6.07) is 5.88. The van der Waals surface area contributed by atoms with Crippen LogP contribution in [0.3, 0.4) is 0 Å². The molecule has 0 radical (unpaired) electrons. The lowest BCUT2D eigenvalue weighted by atomic mass is 10.0. The number of aryl methyl sites for hydroxylation is 1. The van der Waals surface area contributed by atoms with Gasteiger partial charge in [0.25, 0.3) is 0 Å². The van der Waals surface area contributed by atoms with Gasteiger partial charge in [-0.15, -0.1) is 0 Å². The standard InChI is InChI=1S/C19H25ClN2O2/c1-13-8-9-16(11-17(13)20)22-12-14(10-18(22)23)19(24)21-15-6-4-2-3-5-7-15/h8-9,11,14-15H,2-7,10,12H2,1H3,(H,21,24). The average Bonchev–Trinajstić information content (AvgIpc) is 2.77. The molecule has 1 unspecified atom stereocenters. The second-order valence-corrected chi connectivity index (χ2v) is 7.44. The van der Waals surface area contributed by atoms with Gasteiger partial charge < -0.3 is 10.2 Å². The molecule has 2 aliphatic rings. The molecule has 1 atom stereocenters. The molecule has 2 amide bonds. The highest BCUT2D eigenvalue weighted by Crippen LogP contribution is 2.29. The summed E-state index contributed by atoms with van der Waals surface area (Å²) in [7, 11) is 0. The number of nitrogens with zero attached hydrogens (tertiary/aromatic N) is 1. The number of hydrogen-bond acceptors (Lipinski definition) is 2. The van der Waals surface area contributed by atoms with Gasteiger partial charge in [-0.1, -0.05) is 43.4 Å². The summed E-state index contributed by atoms with van der Waals surface area (Å²) in [5.74, 6) is -0.243. The summed E-state index contributed by atoms with van der Waals surface area (Å²) in [6.07, 6.45) is 7.29. The molecule has 4 nitrogen and oxygen atoms in total. The summed E-state index contributed by atoms with van der Waals surface area (Å²) in [6.45, 7) is 2.37. The van der Waals surface area contributed by atoms with Crippen LogP contribution in [-0.2, 0) is 9.59 Å². The first-order valence-electron chi connectivity index (χ1n) is 8.91. The molecule has 0 bridgehead atoms. The van der Waals surface area contributed by atoms with Crippen molar-refractivity contribution >= 4 is 29.1 Å². The Bertz CT molecular complexity index is 624. The van der Waals surface area contributed by atoms with Crippen molar-refractivity contribution in [2.45, 2.75) is 57.9 Å². The first kappa shape index (κ1) is 17.3. The molecule has 1 saturated heterocycles. The van der Waals surface area contributed by atoms with Crippen LogP contribution in [0.25, 0.3) is 0 Å². The fourth-order valence-corrected chi connectivity index (χ4v) is 3.80. The minimum absolute atomic E-state index is 0.00376. The predicted octanol–water partition coefficient (Wildman–Crippen LogP) is 3.84. The molecule has 1 aromatic carbocycles. The van der Waals surface area contributed by atoms with E-state index in [9.17, 15) is 9.59 Å². The van der Waals surface area contributed by atoms with E-state index in [1.165, 1.54) is 25.7 Å². The first-order chi connectivity index (χ1) is 11.5. The Kier molecular flexibility index (Phi) is 5.44. The molecule has 3 rings (SSSR count). The van der Waals surface area contributed by atoms with Crippen LogP contribution in [0.1, 0.15) is 50.5 Å². The summed E-state index contributed by atoms with van der Waals surface area (Å²) in [4.78, 5) is 26.6. The molecule has 1 aliphatic carbocycles. The molecule has 5 heteroatoms. The van der Waals surface area contributed by atoms with Crippen LogP contribution in [0.5, 0.6) is 0 Å². The number of hydrogen-bond donors (Lipinski definition) is 1. The second-order valence-electron chi connectivity index (χ2n) is 7.04. The van der Waals surface area contributed by atoms with Crippen LogP contribution in [-0.4, -0.2) is 24.4 Å². The van der Waals surface area contributed by atoms with Crippen molar-refractivity contribution in [1.82, 2.24) is 5.32 Å². The van der Waals surface area contributed by atoms with Gasteiger partial charge in [-0.25, -0.2) is 0 Å². The topological polar surface area (TPSA) is 49.4 Å². The van der Waals surface area contributed by atoms with Crippen molar-refractivity contribution in [3.63, 3.8) is 0 Å². The third-order valence-corrected chi connectivity index (χ3v) is 5.57. The molecular formula is C19H25ClN2O2. The maximum absolute atomic E-state index is 12.6. The lowest BCUT2D eigenvalue weighted by Gasteiger charge is -2.20. The van der Waals surface area contributed by atoms with Crippen molar-refractivity contribution in [3.8, 4) is 0 Å². The van der Waals surface area contributed by atoms with Gasteiger partial charge in [-0.2, -0.15) is 0 Å². The van der Waals surface area contributed by atoms with Crippen LogP contribution in [0, 0.1) is 12.8 Å². The van der Waals surface area contributed by atoms with Crippen molar-refractivity contribution in [2.75, 3.05) is 11.4 Å². The van der Waals surface area contributed by atoms with Crippen LogP contribution in [0.2, 0.25) is 5.02 Å². The van der Waals surface area contributed by atoms with Gasteiger partial charge in [-0.3, -0.25) is 9.59 Å². The van der Waals surface area contributed by atoms with E-state index in [-0.39, 0.29) is 30.2 Å². The number of anilines is 1. The zero-order valence-electron chi connectivity index (χ0n) is 14.2. The van der Waals surface area contributed by atoms with E-state index in [0.717, 1.165) is 24.1 Å². The zero-order chi connectivity index (χ0) is 17.1. The van der Waals surface area contributed by atoms with E-state index in [4.69, 9.17) is 11.6 Å². The number of amides is 2. The fraction of sp³-hybridized carbons (Fsp3) is 0.579. The molecule has 0 spiro atoms. The van der Waals surface area contributed by atoms with E-state index in [0.29, 0.717) is 11.6 Å². The Morgan fingerprint density at radius 2 is 1.92 bits per heavy atom. The monoisotopic (exact) mass is 348 g/mol. The number of benzene rings is 1. The van der Waals surface area contributed by atoms with Gasteiger partial charge in [0.1, 0.15) is 0 Å². The van der Waals surface area contributed by atoms with E-state index >= 15 is 0 Å². The van der Waals surface area contributed by atoms with E-state index in [2.05, 4.69) is 5.32 Å². The molecule has 2 fully saturated rings. The highest BCUT2D eigenvalue weighted by molar-refractivity contribution is 6.31. The minimum Gasteiger partial charge on any atom is -0.353 e. The van der Waals surface area contributed by atoms with Crippen molar-refractivity contribution in [3.05, 3.63) is 28.8 Å². The molecule has 1 heterocycles. The summed E-state index contributed by atoms with van der Waals surface area (Å²) < 4.78 is 0. The Balaban J connectivity index is 1.63. The Morgan fingerprint density at radius 3 is 2.58 bits per heavy atom. The Hall–Kier alpha value is -1.55. The molecule has 1 N–H and O–H groups in total. The summed E-state index contributed by atoms with van der Waals surface area (Å²) in [5.41, 5.74) is 1.76. The molecule has 1 saturated carbocycles. The predicted molar refractivity (Wildman–Crippen MR) is 96.3 cm³/mol. The Labute approximate surface area is 148 Å². The average molecular weight is 349 g/mol. The molecule has 1 aliphatic heterocycles. The van der Waals surface area contributed by atoms with Crippen molar-refractivity contribution < 1.29 is 9.59 Å². The van der Waals surface area contributed by atoms with Gasteiger partial charge in [0.2, 0.25) is 11.8 Å². The summed E-state index contributed by atoms with van der Waals surface area (Å²) in [5, 5.41) is 3.82. The quantitative estimate of drug-likeness (QED) is 0.844. The molecule has 1 aromatic rings. The van der Waals surface area contributed by atoms with E-state index in [1.54, 1.807) is 11.0 Å².